The molecule has 18 heavy (non-hydrogen) atoms. The zero-order valence-corrected chi connectivity index (χ0v) is 10.4. The van der Waals surface area contributed by atoms with Crippen LogP contribution in [0.5, 0.6) is 0 Å². The van der Waals surface area contributed by atoms with Gasteiger partial charge in [-0.15, -0.1) is 0 Å². The summed E-state index contributed by atoms with van der Waals surface area (Å²) >= 11 is 0. The molecule has 2 nitrogen and oxygen atoms in total. The Bertz CT molecular complexity index is 532. The first kappa shape index (κ1) is 11.3. The molecule has 0 aromatic heterocycles. The van der Waals surface area contributed by atoms with Gasteiger partial charge in [-0.1, -0.05) is 30.8 Å². The molecule has 0 atom stereocenters. The fraction of sp³-hybridized carbons (Fsp3) is 0.250. The van der Waals surface area contributed by atoms with Crippen LogP contribution in [0.4, 0.5) is 0 Å². The van der Waals surface area contributed by atoms with Gasteiger partial charge in [0.25, 0.3) is 0 Å². The topological polar surface area (TPSA) is 12.5 Å². The lowest BCUT2D eigenvalue weighted by Crippen LogP contribution is -2.20. The minimum Gasteiger partial charge on any atom is -0.500 e. The first-order chi connectivity index (χ1) is 8.86. The van der Waals surface area contributed by atoms with Gasteiger partial charge in [-0.05, 0) is 34.0 Å². The number of hydrogen-bond acceptors (Lipinski definition) is 2. The standard InChI is InChI=1S/C16H17NO/c1-2-18-8-7-17-11-15-9-13-5-3-4-6-14(13)10-16(15)12-17/h2-6,9-10H,1,7-8,11-12H2. The van der Waals surface area contributed by atoms with Crippen molar-refractivity contribution in [2.24, 2.45) is 0 Å². The Morgan fingerprint density at radius 3 is 2.28 bits per heavy atom. The van der Waals surface area contributed by atoms with Crippen LogP contribution in [0.2, 0.25) is 0 Å². The fourth-order valence-corrected chi connectivity index (χ4v) is 2.59. The molecule has 1 heterocycles. The zero-order chi connectivity index (χ0) is 12.4. The molecular formula is C16H17NO. The van der Waals surface area contributed by atoms with Crippen molar-refractivity contribution in [1.82, 2.24) is 4.90 Å². The van der Waals surface area contributed by atoms with Gasteiger partial charge >= 0.3 is 0 Å². The van der Waals surface area contributed by atoms with Gasteiger partial charge in [-0.25, -0.2) is 0 Å². The summed E-state index contributed by atoms with van der Waals surface area (Å²) in [6.45, 7) is 7.29. The molecule has 2 aromatic rings. The second-order valence-electron chi connectivity index (χ2n) is 4.72. The van der Waals surface area contributed by atoms with Crippen LogP contribution in [-0.4, -0.2) is 18.1 Å². The maximum atomic E-state index is 5.19. The van der Waals surface area contributed by atoms with E-state index in [2.05, 4.69) is 47.9 Å². The average molecular weight is 239 g/mol. The molecule has 0 bridgehead atoms. The normalized spacial score (nSPS) is 14.7. The molecule has 0 amide bonds. The second-order valence-corrected chi connectivity index (χ2v) is 4.72. The molecule has 0 spiro atoms. The van der Waals surface area contributed by atoms with E-state index >= 15 is 0 Å². The van der Waals surface area contributed by atoms with Crippen molar-refractivity contribution in [3.63, 3.8) is 0 Å². The quantitative estimate of drug-likeness (QED) is 0.599. The molecule has 0 aliphatic carbocycles. The van der Waals surface area contributed by atoms with Gasteiger partial charge in [0.2, 0.25) is 0 Å². The lowest BCUT2D eigenvalue weighted by Gasteiger charge is -2.13. The van der Waals surface area contributed by atoms with Crippen molar-refractivity contribution in [2.75, 3.05) is 13.2 Å². The van der Waals surface area contributed by atoms with E-state index in [9.17, 15) is 0 Å². The van der Waals surface area contributed by atoms with Gasteiger partial charge < -0.3 is 4.74 Å². The van der Waals surface area contributed by atoms with E-state index in [1.54, 1.807) is 0 Å². The number of hydrogen-bond donors (Lipinski definition) is 0. The monoisotopic (exact) mass is 239 g/mol. The first-order valence-electron chi connectivity index (χ1n) is 6.32. The van der Waals surface area contributed by atoms with Crippen LogP contribution >= 0.6 is 0 Å². The molecule has 2 heteroatoms. The minimum absolute atomic E-state index is 0.719. The molecule has 0 unspecified atom stereocenters. The van der Waals surface area contributed by atoms with Crippen LogP contribution < -0.4 is 0 Å². The molecule has 0 radical (unpaired) electrons. The van der Waals surface area contributed by atoms with Gasteiger partial charge in [-0.3, -0.25) is 4.90 Å². The molecule has 0 saturated carbocycles. The van der Waals surface area contributed by atoms with E-state index < -0.39 is 0 Å². The summed E-state index contributed by atoms with van der Waals surface area (Å²) in [5.41, 5.74) is 2.90. The lowest BCUT2D eigenvalue weighted by atomic mass is 10.0. The number of rotatable bonds is 4. The van der Waals surface area contributed by atoms with Crippen molar-refractivity contribution < 1.29 is 4.74 Å². The van der Waals surface area contributed by atoms with E-state index in [0.717, 1.165) is 26.2 Å². The largest absolute Gasteiger partial charge is 0.500 e. The summed E-state index contributed by atoms with van der Waals surface area (Å²) in [5.74, 6) is 0. The Morgan fingerprint density at radius 1 is 1.11 bits per heavy atom. The Kier molecular flexibility index (Phi) is 3.03. The number of ether oxygens (including phenoxy) is 1. The number of fused-ring (bicyclic) bond motifs is 2. The van der Waals surface area contributed by atoms with Crippen molar-refractivity contribution in [2.45, 2.75) is 13.1 Å². The highest BCUT2D eigenvalue weighted by Gasteiger charge is 2.18. The van der Waals surface area contributed by atoms with E-state index in [1.807, 2.05) is 0 Å². The van der Waals surface area contributed by atoms with Gasteiger partial charge in [0.1, 0.15) is 0 Å². The molecule has 1 aliphatic rings. The second kappa shape index (κ2) is 4.83. The highest BCUT2D eigenvalue weighted by atomic mass is 16.5. The zero-order valence-electron chi connectivity index (χ0n) is 10.4. The maximum absolute atomic E-state index is 5.19. The number of nitrogens with zero attached hydrogens (tertiary/aromatic N) is 1. The molecule has 0 fully saturated rings. The van der Waals surface area contributed by atoms with Crippen LogP contribution in [0.1, 0.15) is 11.1 Å². The number of benzene rings is 2. The highest BCUT2D eigenvalue weighted by molar-refractivity contribution is 5.84. The summed E-state index contributed by atoms with van der Waals surface area (Å²) < 4.78 is 5.19. The summed E-state index contributed by atoms with van der Waals surface area (Å²) in [5, 5.41) is 2.67. The third-order valence-corrected chi connectivity index (χ3v) is 3.50. The van der Waals surface area contributed by atoms with Gasteiger partial charge in [0.15, 0.2) is 0 Å². The van der Waals surface area contributed by atoms with Crippen LogP contribution in [0.25, 0.3) is 10.8 Å². The third-order valence-electron chi connectivity index (χ3n) is 3.50. The summed E-state index contributed by atoms with van der Waals surface area (Å²) in [4.78, 5) is 2.41. The smallest absolute Gasteiger partial charge is 0.1000 e. The Morgan fingerprint density at radius 2 is 1.72 bits per heavy atom. The first-order valence-corrected chi connectivity index (χ1v) is 6.32. The Balaban J connectivity index is 1.80. The minimum atomic E-state index is 0.719. The van der Waals surface area contributed by atoms with Crippen molar-refractivity contribution in [3.05, 3.63) is 60.4 Å². The molecule has 0 saturated heterocycles. The Hall–Kier alpha value is -1.80. The van der Waals surface area contributed by atoms with Crippen molar-refractivity contribution in [3.8, 4) is 0 Å². The molecular weight excluding hydrogens is 222 g/mol. The van der Waals surface area contributed by atoms with Crippen LogP contribution in [-0.2, 0) is 17.8 Å². The Labute approximate surface area is 107 Å². The van der Waals surface area contributed by atoms with Gasteiger partial charge in [-0.2, -0.15) is 0 Å². The van der Waals surface area contributed by atoms with E-state index in [-0.39, 0.29) is 0 Å². The van der Waals surface area contributed by atoms with Crippen LogP contribution in [0.3, 0.4) is 0 Å². The summed E-state index contributed by atoms with van der Waals surface area (Å²) in [6.07, 6.45) is 1.51. The van der Waals surface area contributed by atoms with Crippen LogP contribution in [0, 0.1) is 0 Å². The van der Waals surface area contributed by atoms with Crippen LogP contribution in [0.15, 0.2) is 49.2 Å². The lowest BCUT2D eigenvalue weighted by molar-refractivity contribution is 0.178. The SMILES string of the molecule is C=COCCN1Cc2cc3ccccc3cc2C1. The fourth-order valence-electron chi connectivity index (χ4n) is 2.59. The average Bonchev–Trinajstić information content (AvgIpc) is 2.77. The van der Waals surface area contributed by atoms with Gasteiger partial charge in [0.05, 0.1) is 12.9 Å². The van der Waals surface area contributed by atoms with E-state index in [0.29, 0.717) is 0 Å². The van der Waals surface area contributed by atoms with Gasteiger partial charge in [0, 0.05) is 19.6 Å². The molecule has 0 N–H and O–H groups in total. The summed E-state index contributed by atoms with van der Waals surface area (Å²) in [7, 11) is 0. The summed E-state index contributed by atoms with van der Waals surface area (Å²) in [6, 6.07) is 13.2. The molecule has 92 valence electrons. The van der Waals surface area contributed by atoms with E-state index in [1.165, 1.54) is 28.2 Å². The molecule has 1 aliphatic heterocycles. The van der Waals surface area contributed by atoms with E-state index in [4.69, 9.17) is 4.74 Å². The highest BCUT2D eigenvalue weighted by Crippen LogP contribution is 2.27. The van der Waals surface area contributed by atoms with Crippen molar-refractivity contribution in [1.29, 1.82) is 0 Å². The predicted molar refractivity (Wildman–Crippen MR) is 74.2 cm³/mol. The third kappa shape index (κ3) is 2.12. The van der Waals surface area contributed by atoms with Crippen molar-refractivity contribution >= 4 is 10.8 Å². The maximum Gasteiger partial charge on any atom is 0.1000 e. The molecule has 2 aromatic carbocycles. The molecule has 3 rings (SSSR count). The predicted octanol–water partition coefficient (Wildman–Crippen LogP) is 3.32.